The van der Waals surface area contributed by atoms with Crippen LogP contribution in [-0.2, 0) is 25.6 Å². The van der Waals surface area contributed by atoms with E-state index >= 15 is 0 Å². The summed E-state index contributed by atoms with van der Waals surface area (Å²) >= 11 is 0. The number of phenolic OH excluding ortho intramolecular Hbond substituents is 1. The molecule has 6 heteroatoms. The van der Waals surface area contributed by atoms with Gasteiger partial charge >= 0.3 is 0 Å². The first-order valence-corrected chi connectivity index (χ1v) is 12.8. The molecule has 0 saturated carbocycles. The number of hydrogen-bond acceptors (Lipinski definition) is 5. The number of ketones is 2. The van der Waals surface area contributed by atoms with Gasteiger partial charge in [-0.2, -0.15) is 0 Å². The number of rotatable bonds is 3. The Labute approximate surface area is 215 Å². The number of benzene rings is 2. The summed E-state index contributed by atoms with van der Waals surface area (Å²) in [5.41, 5.74) is 4.18. The smallest absolute Gasteiger partial charge is 0.238 e. The van der Waals surface area contributed by atoms with Crippen LogP contribution in [0, 0.1) is 17.8 Å². The molecule has 4 atom stereocenters. The van der Waals surface area contributed by atoms with Crippen LogP contribution in [0.1, 0.15) is 43.7 Å². The molecule has 3 aliphatic carbocycles. The Bertz CT molecular complexity index is 1480. The van der Waals surface area contributed by atoms with E-state index in [0.29, 0.717) is 34.4 Å². The number of nitrogens with zero attached hydrogens (tertiary/aromatic N) is 1. The van der Waals surface area contributed by atoms with Gasteiger partial charge in [-0.15, -0.1) is 0 Å². The Morgan fingerprint density at radius 3 is 2.38 bits per heavy atom. The van der Waals surface area contributed by atoms with Gasteiger partial charge in [-0.1, -0.05) is 48.9 Å². The molecule has 2 aromatic rings. The van der Waals surface area contributed by atoms with Crippen molar-refractivity contribution in [2.45, 2.75) is 39.0 Å². The average molecular weight is 494 g/mol. The summed E-state index contributed by atoms with van der Waals surface area (Å²) < 4.78 is 0. The fourth-order valence-corrected chi connectivity index (χ4v) is 6.58. The van der Waals surface area contributed by atoms with Crippen LogP contribution >= 0.6 is 0 Å². The van der Waals surface area contributed by atoms with Crippen LogP contribution in [0.2, 0.25) is 0 Å². The van der Waals surface area contributed by atoms with Gasteiger partial charge in [0, 0.05) is 28.2 Å². The van der Waals surface area contributed by atoms with Crippen molar-refractivity contribution < 1.29 is 24.3 Å². The molecule has 0 aromatic heterocycles. The summed E-state index contributed by atoms with van der Waals surface area (Å²) in [4.78, 5) is 55.3. The van der Waals surface area contributed by atoms with Crippen molar-refractivity contribution in [3.8, 4) is 5.75 Å². The highest BCUT2D eigenvalue weighted by atomic mass is 16.3. The number of carbonyl (C=O) groups excluding carboxylic acids is 4. The molecule has 37 heavy (non-hydrogen) atoms. The number of carbonyl (C=O) groups is 4. The second-order valence-corrected chi connectivity index (χ2v) is 10.3. The highest BCUT2D eigenvalue weighted by molar-refractivity contribution is 6.25. The molecule has 2 aromatic carbocycles. The number of aromatic hydroxyl groups is 1. The van der Waals surface area contributed by atoms with Crippen LogP contribution in [0.25, 0.3) is 0 Å². The van der Waals surface area contributed by atoms with Crippen molar-refractivity contribution in [2.75, 3.05) is 4.90 Å². The number of Topliss-reactive ketones (excluding diaryl/α,β-unsaturated/α-hetero) is 1. The third kappa shape index (κ3) is 3.39. The van der Waals surface area contributed by atoms with E-state index in [1.807, 2.05) is 37.3 Å². The van der Waals surface area contributed by atoms with E-state index in [1.165, 1.54) is 11.0 Å². The molecule has 4 aliphatic rings. The van der Waals surface area contributed by atoms with Crippen molar-refractivity contribution in [1.29, 1.82) is 0 Å². The van der Waals surface area contributed by atoms with Crippen LogP contribution in [0.15, 0.2) is 83.0 Å². The van der Waals surface area contributed by atoms with Crippen molar-refractivity contribution in [3.63, 3.8) is 0 Å². The molecular weight excluding hydrogens is 466 g/mol. The number of amides is 2. The van der Waals surface area contributed by atoms with E-state index in [-0.39, 0.29) is 35.6 Å². The lowest BCUT2D eigenvalue weighted by Gasteiger charge is -2.42. The summed E-state index contributed by atoms with van der Waals surface area (Å²) in [6, 6.07) is 14.3. The van der Waals surface area contributed by atoms with E-state index in [2.05, 4.69) is 0 Å². The zero-order chi connectivity index (χ0) is 26.0. The summed E-state index contributed by atoms with van der Waals surface area (Å²) in [7, 11) is 0. The van der Waals surface area contributed by atoms with Gasteiger partial charge in [0.2, 0.25) is 11.8 Å². The Hall–Kier alpha value is -4.06. The highest BCUT2D eigenvalue weighted by Gasteiger charge is 2.56. The second kappa shape index (κ2) is 8.51. The zero-order valence-electron chi connectivity index (χ0n) is 20.7. The van der Waals surface area contributed by atoms with Gasteiger partial charge in [0.05, 0.1) is 17.5 Å². The number of allylic oxidation sites excluding steroid dienone is 6. The van der Waals surface area contributed by atoms with E-state index in [4.69, 9.17) is 0 Å². The molecule has 1 N–H and O–H groups in total. The Morgan fingerprint density at radius 1 is 0.946 bits per heavy atom. The first kappa shape index (κ1) is 23.3. The number of imide groups is 1. The van der Waals surface area contributed by atoms with Crippen molar-refractivity contribution in [2.24, 2.45) is 17.8 Å². The molecule has 186 valence electrons. The largest absolute Gasteiger partial charge is 0.508 e. The molecule has 2 amide bonds. The Kier molecular flexibility index (Phi) is 5.37. The summed E-state index contributed by atoms with van der Waals surface area (Å²) in [6.07, 6.45) is 4.78. The van der Waals surface area contributed by atoms with E-state index in [9.17, 15) is 24.3 Å². The standard InChI is InChI=1S/C31H27NO5/c1-3-17-8-10-18(11-9-17)32-30(36)21-13-12-19-22(27(21)31(32)37)15-23-25(34)14-16(2)29(35)28(23)26(19)20-6-4-5-7-24(20)33/h4-12,14,21-22,26-27,33H,3,13,15H2,1-2H3/t21-,22+,26+,27-/m0/s1. The maximum absolute atomic E-state index is 13.9. The van der Waals surface area contributed by atoms with Crippen LogP contribution in [-0.4, -0.2) is 28.5 Å². The summed E-state index contributed by atoms with van der Waals surface area (Å²) in [5, 5.41) is 10.8. The lowest BCUT2D eigenvalue weighted by atomic mass is 9.59. The summed E-state index contributed by atoms with van der Waals surface area (Å²) in [6.45, 7) is 3.67. The van der Waals surface area contributed by atoms with Gasteiger partial charge in [0.25, 0.3) is 0 Å². The zero-order valence-corrected chi connectivity index (χ0v) is 20.7. The van der Waals surface area contributed by atoms with E-state index in [0.717, 1.165) is 17.6 Å². The molecule has 0 bridgehead atoms. The fourth-order valence-electron chi connectivity index (χ4n) is 6.58. The van der Waals surface area contributed by atoms with Gasteiger partial charge in [-0.3, -0.25) is 24.1 Å². The van der Waals surface area contributed by atoms with Crippen LogP contribution in [0.3, 0.4) is 0 Å². The molecule has 6 rings (SSSR count). The molecule has 1 aliphatic heterocycles. The van der Waals surface area contributed by atoms with Crippen LogP contribution < -0.4 is 4.90 Å². The monoisotopic (exact) mass is 493 g/mol. The normalized spacial score (nSPS) is 27.0. The van der Waals surface area contributed by atoms with Crippen LogP contribution in [0.5, 0.6) is 5.75 Å². The number of hydrogen-bond donors (Lipinski definition) is 1. The van der Waals surface area contributed by atoms with E-state index < -0.39 is 23.7 Å². The third-order valence-electron chi connectivity index (χ3n) is 8.42. The summed E-state index contributed by atoms with van der Waals surface area (Å²) in [5.74, 6) is -3.12. The quantitative estimate of drug-likeness (QED) is 0.384. The minimum atomic E-state index is -0.642. The third-order valence-corrected chi connectivity index (χ3v) is 8.42. The SMILES string of the molecule is CCc1ccc(N2C(=O)[C@H]3[C@H](CC=C4[C@H](c5ccccc5O)C5=C(C[C@H]43)C(=O)C=C(C)C5=O)C2=O)cc1. The average Bonchev–Trinajstić information content (AvgIpc) is 3.16. The molecular formula is C31H27NO5. The molecule has 6 nitrogen and oxygen atoms in total. The number of anilines is 1. The number of fused-ring (bicyclic) bond motifs is 3. The van der Waals surface area contributed by atoms with Crippen LogP contribution in [0.4, 0.5) is 5.69 Å². The van der Waals surface area contributed by atoms with Gasteiger partial charge in [-0.25, -0.2) is 0 Å². The lowest BCUT2D eigenvalue weighted by molar-refractivity contribution is -0.123. The Morgan fingerprint density at radius 2 is 1.68 bits per heavy atom. The maximum atomic E-state index is 13.9. The molecule has 1 heterocycles. The highest BCUT2D eigenvalue weighted by Crippen LogP contribution is 2.56. The van der Waals surface area contributed by atoms with Crippen molar-refractivity contribution in [1.82, 2.24) is 0 Å². The van der Waals surface area contributed by atoms with Gasteiger partial charge < -0.3 is 5.11 Å². The maximum Gasteiger partial charge on any atom is 0.238 e. The molecule has 1 fully saturated rings. The lowest BCUT2D eigenvalue weighted by Crippen LogP contribution is -2.39. The van der Waals surface area contributed by atoms with Crippen molar-refractivity contribution in [3.05, 3.63) is 94.1 Å². The van der Waals surface area contributed by atoms with Gasteiger partial charge in [0.15, 0.2) is 11.6 Å². The first-order chi connectivity index (χ1) is 17.8. The van der Waals surface area contributed by atoms with Gasteiger partial charge in [0.1, 0.15) is 5.75 Å². The second-order valence-electron chi connectivity index (χ2n) is 10.3. The van der Waals surface area contributed by atoms with Gasteiger partial charge in [-0.05, 0) is 61.9 Å². The molecule has 0 radical (unpaired) electrons. The minimum Gasteiger partial charge on any atom is -0.508 e. The number of para-hydroxylation sites is 1. The molecule has 1 saturated heterocycles. The first-order valence-electron chi connectivity index (χ1n) is 12.8. The molecule has 0 unspecified atom stereocenters. The minimum absolute atomic E-state index is 0.0296. The predicted molar refractivity (Wildman–Crippen MR) is 138 cm³/mol. The fraction of sp³-hybridized carbons (Fsp3) is 0.290. The number of aryl methyl sites for hydroxylation is 1. The van der Waals surface area contributed by atoms with E-state index in [1.54, 1.807) is 31.2 Å². The predicted octanol–water partition coefficient (Wildman–Crippen LogP) is 4.59. The number of phenols is 1. The molecule has 0 spiro atoms. The topological polar surface area (TPSA) is 91.8 Å². The van der Waals surface area contributed by atoms with Crippen molar-refractivity contribution >= 4 is 29.1 Å². The Balaban J connectivity index is 1.47.